The smallest absolute Gasteiger partial charge is 0.154 e. The van der Waals surface area contributed by atoms with Crippen molar-refractivity contribution in [2.75, 3.05) is 6.54 Å². The van der Waals surface area contributed by atoms with Gasteiger partial charge in [0.25, 0.3) is 0 Å². The van der Waals surface area contributed by atoms with Crippen molar-refractivity contribution in [3.63, 3.8) is 0 Å². The highest BCUT2D eigenvalue weighted by Crippen LogP contribution is 2.35. The van der Waals surface area contributed by atoms with Crippen LogP contribution in [0.4, 0.5) is 0 Å². The molecule has 1 N–H and O–H groups in total. The maximum atomic E-state index is 5.58. The average Bonchev–Trinajstić information content (AvgIpc) is 3.34. The Balaban J connectivity index is 1.55. The number of rotatable bonds is 5. The summed E-state index contributed by atoms with van der Waals surface area (Å²) in [6.45, 7) is 4.07. The minimum Gasteiger partial charge on any atom is -0.359 e. The van der Waals surface area contributed by atoms with Crippen molar-refractivity contribution in [3.8, 4) is 10.6 Å². The fraction of sp³-hybridized carbons (Fsp3) is 0.412. The molecular weight excluding hydrogens is 308 g/mol. The topological polar surface area (TPSA) is 58.0 Å². The molecule has 0 saturated carbocycles. The van der Waals surface area contributed by atoms with Gasteiger partial charge in [0.05, 0.1) is 28.5 Å². The van der Waals surface area contributed by atoms with E-state index in [4.69, 9.17) is 4.52 Å². The molecule has 1 atom stereocenters. The van der Waals surface area contributed by atoms with Gasteiger partial charge < -0.3 is 4.52 Å². The van der Waals surface area contributed by atoms with Gasteiger partial charge in [0, 0.05) is 18.2 Å². The standard InChI is InChI=1S/C17H20N4OS/c1-2-13-9-15(22-20-13)14-5-3-7-21(14)11-12-10-18-19-17(12)16-6-4-8-23-16/h4,6,8-10,14H,2-3,5,7,11H2,1H3,(H,18,19)/t14-/m0/s1. The van der Waals surface area contributed by atoms with Gasteiger partial charge in [0.15, 0.2) is 5.76 Å². The number of aromatic amines is 1. The Morgan fingerprint density at radius 1 is 1.48 bits per heavy atom. The fourth-order valence-corrected chi connectivity index (χ4v) is 4.03. The first kappa shape index (κ1) is 14.7. The summed E-state index contributed by atoms with van der Waals surface area (Å²) >= 11 is 1.74. The summed E-state index contributed by atoms with van der Waals surface area (Å²) in [6, 6.07) is 6.64. The molecule has 1 aliphatic heterocycles. The summed E-state index contributed by atoms with van der Waals surface area (Å²) in [7, 11) is 0. The zero-order valence-electron chi connectivity index (χ0n) is 13.2. The fourth-order valence-electron chi connectivity index (χ4n) is 3.27. The number of hydrogen-bond acceptors (Lipinski definition) is 5. The van der Waals surface area contributed by atoms with Crippen molar-refractivity contribution in [2.45, 2.75) is 38.8 Å². The van der Waals surface area contributed by atoms with Crippen molar-refractivity contribution in [3.05, 3.63) is 46.8 Å². The Hall–Kier alpha value is -1.92. The van der Waals surface area contributed by atoms with Crippen molar-refractivity contribution in [1.82, 2.24) is 20.3 Å². The van der Waals surface area contributed by atoms with E-state index in [1.54, 1.807) is 11.3 Å². The lowest BCUT2D eigenvalue weighted by Gasteiger charge is -2.22. The van der Waals surface area contributed by atoms with Crippen LogP contribution < -0.4 is 0 Å². The molecule has 0 amide bonds. The first-order valence-corrected chi connectivity index (χ1v) is 8.98. The lowest BCUT2D eigenvalue weighted by molar-refractivity contribution is 0.206. The molecule has 4 heterocycles. The lowest BCUT2D eigenvalue weighted by Crippen LogP contribution is -2.22. The van der Waals surface area contributed by atoms with E-state index in [-0.39, 0.29) is 0 Å². The number of hydrogen-bond donors (Lipinski definition) is 1. The lowest BCUT2D eigenvalue weighted by atomic mass is 10.1. The zero-order chi connectivity index (χ0) is 15.6. The summed E-state index contributed by atoms with van der Waals surface area (Å²) in [6.07, 6.45) is 5.19. The predicted octanol–water partition coefficient (Wildman–Crippen LogP) is 4.03. The molecule has 0 aliphatic carbocycles. The monoisotopic (exact) mass is 328 g/mol. The van der Waals surface area contributed by atoms with Crippen molar-refractivity contribution >= 4 is 11.3 Å². The van der Waals surface area contributed by atoms with Crippen LogP contribution in [-0.2, 0) is 13.0 Å². The highest BCUT2D eigenvalue weighted by atomic mass is 32.1. The zero-order valence-corrected chi connectivity index (χ0v) is 14.0. The van der Waals surface area contributed by atoms with Crippen LogP contribution in [0.2, 0.25) is 0 Å². The number of likely N-dealkylation sites (tertiary alicyclic amines) is 1. The number of aryl methyl sites for hydroxylation is 1. The molecule has 0 spiro atoms. The number of H-pyrrole nitrogens is 1. The largest absolute Gasteiger partial charge is 0.359 e. The maximum absolute atomic E-state index is 5.58. The van der Waals surface area contributed by atoms with Gasteiger partial charge in [-0.1, -0.05) is 18.1 Å². The van der Waals surface area contributed by atoms with Crippen molar-refractivity contribution in [1.29, 1.82) is 0 Å². The summed E-state index contributed by atoms with van der Waals surface area (Å²) < 4.78 is 5.58. The van der Waals surface area contributed by atoms with Gasteiger partial charge in [0.2, 0.25) is 0 Å². The molecule has 0 radical (unpaired) electrons. The van der Waals surface area contributed by atoms with Crippen LogP contribution in [0, 0.1) is 0 Å². The van der Waals surface area contributed by atoms with E-state index >= 15 is 0 Å². The van der Waals surface area contributed by atoms with E-state index in [9.17, 15) is 0 Å². The molecule has 0 bridgehead atoms. The molecule has 1 aliphatic rings. The molecule has 0 aromatic carbocycles. The van der Waals surface area contributed by atoms with E-state index in [1.165, 1.54) is 16.9 Å². The minimum absolute atomic E-state index is 0.328. The van der Waals surface area contributed by atoms with Gasteiger partial charge in [-0.25, -0.2) is 0 Å². The van der Waals surface area contributed by atoms with Gasteiger partial charge in [0.1, 0.15) is 0 Å². The second kappa shape index (κ2) is 6.29. The Labute approximate surface area is 139 Å². The predicted molar refractivity (Wildman–Crippen MR) is 90.2 cm³/mol. The molecule has 120 valence electrons. The van der Waals surface area contributed by atoms with E-state index in [0.717, 1.165) is 43.1 Å². The van der Waals surface area contributed by atoms with Crippen LogP contribution in [0.5, 0.6) is 0 Å². The van der Waals surface area contributed by atoms with E-state index in [0.29, 0.717) is 6.04 Å². The highest BCUT2D eigenvalue weighted by molar-refractivity contribution is 7.13. The Bertz CT molecular complexity index is 761. The summed E-state index contributed by atoms with van der Waals surface area (Å²) in [4.78, 5) is 3.71. The molecule has 3 aromatic heterocycles. The second-order valence-electron chi connectivity index (χ2n) is 5.95. The van der Waals surface area contributed by atoms with Crippen LogP contribution in [0.1, 0.15) is 42.8 Å². The first-order chi connectivity index (χ1) is 11.3. The summed E-state index contributed by atoms with van der Waals surface area (Å²) in [5, 5.41) is 13.6. The quantitative estimate of drug-likeness (QED) is 0.768. The van der Waals surface area contributed by atoms with E-state index in [2.05, 4.69) is 50.8 Å². The molecule has 3 aromatic rings. The van der Waals surface area contributed by atoms with Gasteiger partial charge >= 0.3 is 0 Å². The third-order valence-corrected chi connectivity index (χ3v) is 5.38. The van der Waals surface area contributed by atoms with Crippen molar-refractivity contribution in [2.24, 2.45) is 0 Å². The molecule has 6 heteroatoms. The Morgan fingerprint density at radius 3 is 3.22 bits per heavy atom. The normalized spacial score (nSPS) is 18.7. The first-order valence-electron chi connectivity index (χ1n) is 8.11. The molecule has 5 nitrogen and oxygen atoms in total. The number of nitrogens with zero attached hydrogens (tertiary/aromatic N) is 3. The molecule has 0 unspecified atom stereocenters. The Morgan fingerprint density at radius 2 is 2.43 bits per heavy atom. The number of nitrogens with one attached hydrogen (secondary N) is 1. The summed E-state index contributed by atoms with van der Waals surface area (Å²) in [5.41, 5.74) is 3.42. The van der Waals surface area contributed by atoms with Gasteiger partial charge in [-0.05, 0) is 37.3 Å². The molecule has 23 heavy (non-hydrogen) atoms. The van der Waals surface area contributed by atoms with Gasteiger partial charge in [-0.3, -0.25) is 10.00 Å². The van der Waals surface area contributed by atoms with Crippen LogP contribution in [0.25, 0.3) is 10.6 Å². The van der Waals surface area contributed by atoms with Crippen LogP contribution in [0.3, 0.4) is 0 Å². The maximum Gasteiger partial charge on any atom is 0.154 e. The minimum atomic E-state index is 0.328. The van der Waals surface area contributed by atoms with Crippen LogP contribution in [0.15, 0.2) is 34.3 Å². The third kappa shape index (κ3) is 2.84. The molecular formula is C17H20N4OS. The van der Waals surface area contributed by atoms with E-state index in [1.807, 2.05) is 6.20 Å². The second-order valence-corrected chi connectivity index (χ2v) is 6.90. The number of thiophene rings is 1. The van der Waals surface area contributed by atoms with Crippen molar-refractivity contribution < 1.29 is 4.52 Å². The SMILES string of the molecule is CCc1cc([C@@H]2CCCN2Cc2cn[nH]c2-c2cccs2)on1. The average molecular weight is 328 g/mol. The van der Waals surface area contributed by atoms with Crippen LogP contribution >= 0.6 is 11.3 Å². The van der Waals surface area contributed by atoms with Gasteiger partial charge in [-0.2, -0.15) is 5.10 Å². The van der Waals surface area contributed by atoms with E-state index < -0.39 is 0 Å². The molecule has 1 saturated heterocycles. The summed E-state index contributed by atoms with van der Waals surface area (Å²) in [5.74, 6) is 1.00. The Kier molecular flexibility index (Phi) is 4.01. The molecule has 1 fully saturated rings. The third-order valence-electron chi connectivity index (χ3n) is 4.49. The number of aromatic nitrogens is 3. The van der Waals surface area contributed by atoms with Crippen LogP contribution in [-0.4, -0.2) is 26.8 Å². The highest BCUT2D eigenvalue weighted by Gasteiger charge is 2.30. The molecule has 4 rings (SSSR count). The van der Waals surface area contributed by atoms with Gasteiger partial charge in [-0.15, -0.1) is 11.3 Å².